The van der Waals surface area contributed by atoms with Gasteiger partial charge in [0.1, 0.15) is 5.75 Å². The Morgan fingerprint density at radius 1 is 0.931 bits per heavy atom. The average molecular weight is 408 g/mol. The van der Waals surface area contributed by atoms with Gasteiger partial charge >= 0.3 is 0 Å². The molecule has 0 radical (unpaired) electrons. The van der Waals surface area contributed by atoms with Crippen LogP contribution in [0.15, 0.2) is 59.5 Å². The normalized spacial score (nSPS) is 17.9. The third kappa shape index (κ3) is 3.97. The van der Waals surface area contributed by atoms with Crippen molar-refractivity contribution in [3.8, 4) is 5.75 Å². The number of amides is 2. The van der Waals surface area contributed by atoms with Gasteiger partial charge in [-0.1, -0.05) is 67.8 Å². The van der Waals surface area contributed by atoms with E-state index in [1.807, 2.05) is 54.6 Å². The SMILES string of the molecule is COc1ccccc1C1=C(SCc2ccccc2)C(=O)N(C2CCCCC2)C1=O. The number of thioether (sulfide) groups is 1. The van der Waals surface area contributed by atoms with Crippen molar-refractivity contribution in [3.63, 3.8) is 0 Å². The van der Waals surface area contributed by atoms with Gasteiger partial charge in [-0.25, -0.2) is 0 Å². The number of rotatable bonds is 6. The molecule has 4 nitrogen and oxygen atoms in total. The van der Waals surface area contributed by atoms with Crippen LogP contribution in [0.5, 0.6) is 5.75 Å². The van der Waals surface area contributed by atoms with Crippen LogP contribution in [-0.4, -0.2) is 29.9 Å². The number of hydrogen-bond acceptors (Lipinski definition) is 4. The molecule has 0 bridgehead atoms. The van der Waals surface area contributed by atoms with Gasteiger partial charge in [0.2, 0.25) is 0 Å². The van der Waals surface area contributed by atoms with E-state index in [2.05, 4.69) is 0 Å². The second kappa shape index (κ2) is 8.87. The molecule has 2 aliphatic rings. The van der Waals surface area contributed by atoms with Gasteiger partial charge in [-0.05, 0) is 24.5 Å². The molecule has 150 valence electrons. The van der Waals surface area contributed by atoms with Crippen molar-refractivity contribution in [2.75, 3.05) is 7.11 Å². The first-order chi connectivity index (χ1) is 14.2. The number of hydrogen-bond donors (Lipinski definition) is 0. The molecular weight excluding hydrogens is 382 g/mol. The maximum atomic E-state index is 13.5. The lowest BCUT2D eigenvalue weighted by Gasteiger charge is -2.30. The predicted octanol–water partition coefficient (Wildman–Crippen LogP) is 5.04. The highest BCUT2D eigenvalue weighted by atomic mass is 32.2. The van der Waals surface area contributed by atoms with Gasteiger partial charge < -0.3 is 4.74 Å². The Labute approximate surface area is 175 Å². The van der Waals surface area contributed by atoms with E-state index in [9.17, 15) is 9.59 Å². The molecule has 1 heterocycles. The van der Waals surface area contributed by atoms with Crippen LogP contribution < -0.4 is 4.74 Å². The van der Waals surface area contributed by atoms with Crippen molar-refractivity contribution in [1.29, 1.82) is 0 Å². The van der Waals surface area contributed by atoms with Crippen LogP contribution >= 0.6 is 11.8 Å². The molecule has 1 aliphatic carbocycles. The summed E-state index contributed by atoms with van der Waals surface area (Å²) in [5, 5.41) is 0. The van der Waals surface area contributed by atoms with Gasteiger partial charge in [-0.3, -0.25) is 14.5 Å². The summed E-state index contributed by atoms with van der Waals surface area (Å²) in [5.74, 6) is 0.935. The van der Waals surface area contributed by atoms with Crippen molar-refractivity contribution in [1.82, 2.24) is 4.90 Å². The molecule has 0 atom stereocenters. The van der Waals surface area contributed by atoms with Crippen molar-refractivity contribution in [3.05, 3.63) is 70.6 Å². The highest BCUT2D eigenvalue weighted by Crippen LogP contribution is 2.42. The zero-order chi connectivity index (χ0) is 20.2. The second-order valence-corrected chi connectivity index (χ2v) is 8.44. The standard InChI is InChI=1S/C24H25NO3S/c1-28-20-15-9-8-14-19(20)21-22(29-16-17-10-4-2-5-11-17)24(27)25(23(21)26)18-12-6-3-7-13-18/h2,4-5,8-11,14-15,18H,3,6-7,12-13,16H2,1H3. The Morgan fingerprint density at radius 2 is 1.62 bits per heavy atom. The van der Waals surface area contributed by atoms with Crippen LogP contribution in [0.1, 0.15) is 43.2 Å². The van der Waals surface area contributed by atoms with E-state index >= 15 is 0 Å². The number of nitrogens with zero attached hydrogens (tertiary/aromatic N) is 1. The van der Waals surface area contributed by atoms with Crippen molar-refractivity contribution in [2.24, 2.45) is 0 Å². The number of ether oxygens (including phenoxy) is 1. The summed E-state index contributed by atoms with van der Waals surface area (Å²) in [6, 6.07) is 17.5. The number of benzene rings is 2. The second-order valence-electron chi connectivity index (χ2n) is 7.45. The highest BCUT2D eigenvalue weighted by Gasteiger charge is 2.43. The van der Waals surface area contributed by atoms with Gasteiger partial charge in [-0.2, -0.15) is 0 Å². The smallest absolute Gasteiger partial charge is 0.268 e. The van der Waals surface area contributed by atoms with Gasteiger partial charge in [0.25, 0.3) is 11.8 Å². The summed E-state index contributed by atoms with van der Waals surface area (Å²) in [6.45, 7) is 0. The van der Waals surface area contributed by atoms with Crippen LogP contribution in [0.4, 0.5) is 0 Å². The molecule has 2 aromatic carbocycles. The fourth-order valence-electron chi connectivity index (χ4n) is 4.15. The van der Waals surface area contributed by atoms with Crippen molar-refractivity contribution < 1.29 is 14.3 Å². The minimum atomic E-state index is -0.179. The van der Waals surface area contributed by atoms with E-state index in [1.165, 1.54) is 23.1 Å². The lowest BCUT2D eigenvalue weighted by Crippen LogP contribution is -2.42. The van der Waals surface area contributed by atoms with Crippen LogP contribution in [0.2, 0.25) is 0 Å². The first-order valence-corrected chi connectivity index (χ1v) is 11.1. The third-order valence-corrected chi connectivity index (χ3v) is 6.76. The predicted molar refractivity (Wildman–Crippen MR) is 116 cm³/mol. The monoisotopic (exact) mass is 407 g/mol. The molecule has 0 spiro atoms. The summed E-state index contributed by atoms with van der Waals surface area (Å²) >= 11 is 1.45. The minimum Gasteiger partial charge on any atom is -0.496 e. The molecule has 2 aromatic rings. The fourth-order valence-corrected chi connectivity index (χ4v) is 5.22. The average Bonchev–Trinajstić information content (AvgIpc) is 3.02. The first-order valence-electron chi connectivity index (χ1n) is 10.1. The fraction of sp³-hybridized carbons (Fsp3) is 0.333. The molecule has 1 fully saturated rings. The number of methoxy groups -OCH3 is 1. The maximum Gasteiger partial charge on any atom is 0.268 e. The molecule has 5 heteroatoms. The Balaban J connectivity index is 1.72. The van der Waals surface area contributed by atoms with Crippen LogP contribution in [0.25, 0.3) is 5.57 Å². The largest absolute Gasteiger partial charge is 0.496 e. The minimum absolute atomic E-state index is 0.00304. The van der Waals surface area contributed by atoms with Crippen LogP contribution in [0.3, 0.4) is 0 Å². The zero-order valence-corrected chi connectivity index (χ0v) is 17.4. The molecule has 0 unspecified atom stereocenters. The highest BCUT2D eigenvalue weighted by molar-refractivity contribution is 8.03. The van der Waals surface area contributed by atoms with Crippen LogP contribution in [0, 0.1) is 0 Å². The molecule has 29 heavy (non-hydrogen) atoms. The van der Waals surface area contributed by atoms with E-state index < -0.39 is 0 Å². The Kier molecular flexibility index (Phi) is 6.05. The maximum absolute atomic E-state index is 13.5. The van der Waals surface area contributed by atoms with Gasteiger partial charge in [-0.15, -0.1) is 11.8 Å². The lowest BCUT2D eigenvalue weighted by atomic mass is 9.94. The van der Waals surface area contributed by atoms with Crippen molar-refractivity contribution >= 4 is 29.1 Å². The van der Waals surface area contributed by atoms with E-state index in [0.29, 0.717) is 27.5 Å². The number of carbonyl (C=O) groups is 2. The molecule has 1 aliphatic heterocycles. The third-order valence-electron chi connectivity index (χ3n) is 5.61. The quantitative estimate of drug-likeness (QED) is 0.629. The molecule has 0 N–H and O–H groups in total. The summed E-state index contributed by atoms with van der Waals surface area (Å²) in [6.07, 6.45) is 5.10. The Bertz CT molecular complexity index is 932. The molecule has 1 saturated carbocycles. The van der Waals surface area contributed by atoms with Crippen LogP contribution in [-0.2, 0) is 15.3 Å². The topological polar surface area (TPSA) is 46.6 Å². The van der Waals surface area contributed by atoms with E-state index in [4.69, 9.17) is 4.74 Å². The Morgan fingerprint density at radius 3 is 2.34 bits per heavy atom. The van der Waals surface area contributed by atoms with E-state index in [1.54, 1.807) is 7.11 Å². The molecule has 0 saturated heterocycles. The summed E-state index contributed by atoms with van der Waals surface area (Å²) in [7, 11) is 1.59. The van der Waals surface area contributed by atoms with Gasteiger partial charge in [0.15, 0.2) is 0 Å². The zero-order valence-electron chi connectivity index (χ0n) is 16.6. The molecule has 4 rings (SSSR count). The van der Waals surface area contributed by atoms with E-state index in [-0.39, 0.29) is 17.9 Å². The lowest BCUT2D eigenvalue weighted by molar-refractivity contribution is -0.139. The summed E-state index contributed by atoms with van der Waals surface area (Å²) in [4.78, 5) is 28.9. The van der Waals surface area contributed by atoms with Crippen molar-refractivity contribution in [2.45, 2.75) is 43.9 Å². The first kappa shape index (κ1) is 19.8. The summed E-state index contributed by atoms with van der Waals surface area (Å²) in [5.41, 5.74) is 2.31. The summed E-state index contributed by atoms with van der Waals surface area (Å²) < 4.78 is 5.51. The van der Waals surface area contributed by atoms with E-state index in [0.717, 1.165) is 31.2 Å². The molecular formula is C24H25NO3S. The number of para-hydroxylation sites is 1. The van der Waals surface area contributed by atoms with Gasteiger partial charge in [0.05, 0.1) is 17.6 Å². The number of carbonyl (C=O) groups excluding carboxylic acids is 2. The van der Waals surface area contributed by atoms with Gasteiger partial charge in [0, 0.05) is 17.4 Å². The molecule has 0 aromatic heterocycles. The molecule has 2 amide bonds. The Hall–Kier alpha value is -2.53. The number of imide groups is 1.